The molecule has 1 aromatic rings. The van der Waals surface area contributed by atoms with Gasteiger partial charge in [0.15, 0.2) is 18.6 Å². The highest BCUT2D eigenvalue weighted by Gasteiger charge is 2.21. The van der Waals surface area contributed by atoms with Crippen LogP contribution in [0.3, 0.4) is 0 Å². The highest BCUT2D eigenvalue weighted by molar-refractivity contribution is 5.61. The van der Waals surface area contributed by atoms with Gasteiger partial charge in [-0.3, -0.25) is 0 Å². The van der Waals surface area contributed by atoms with E-state index in [0.717, 1.165) is 13.2 Å². The summed E-state index contributed by atoms with van der Waals surface area (Å²) < 4.78 is 0. The Balaban J connectivity index is 3.40. The molecule has 0 spiro atoms. The molecule has 6 heteroatoms. The average Bonchev–Trinajstić information content (AvgIpc) is 2.19. The quantitative estimate of drug-likeness (QED) is 0.532. The lowest BCUT2D eigenvalue weighted by atomic mass is 10.1. The molecule has 14 heavy (non-hydrogen) atoms. The Labute approximate surface area is 79.5 Å². The van der Waals surface area contributed by atoms with E-state index in [2.05, 4.69) is 4.84 Å². The highest BCUT2D eigenvalue weighted by Crippen LogP contribution is 2.39. The minimum absolute atomic E-state index is 0.0332. The molecule has 1 aromatic carbocycles. The number of hydrogen-bond acceptors (Lipinski definition) is 5. The number of phenols is 2. The summed E-state index contributed by atoms with van der Waals surface area (Å²) in [4.78, 5) is 15.2. The molecule has 0 unspecified atom stereocenters. The smallest absolute Gasteiger partial charge is 0.313 e. The second-order valence-corrected chi connectivity index (χ2v) is 2.66. The van der Waals surface area contributed by atoms with Crippen LogP contribution in [0, 0.1) is 11.8 Å². The van der Waals surface area contributed by atoms with Crippen LogP contribution in [0.15, 0.2) is 6.07 Å². The van der Waals surface area contributed by atoms with Gasteiger partial charge in [0, 0.05) is 0 Å². The fourth-order valence-electron chi connectivity index (χ4n) is 0.989. The van der Waals surface area contributed by atoms with E-state index in [0.29, 0.717) is 0 Å². The molecule has 0 bridgehead atoms. The van der Waals surface area contributed by atoms with Gasteiger partial charge in [0.05, 0.1) is 11.0 Å². The van der Waals surface area contributed by atoms with E-state index in [1.54, 1.807) is 0 Å². The van der Waals surface area contributed by atoms with Gasteiger partial charge in [0.25, 0.3) is 4.92 Å². The highest BCUT2D eigenvalue weighted by atomic mass is 16.8. The van der Waals surface area contributed by atoms with E-state index in [1.165, 1.54) is 6.92 Å². The molecule has 2 N–H and O–H groups in total. The molecule has 0 aliphatic heterocycles. The normalized spacial score (nSPS) is 9.86. The molecule has 1 rings (SSSR count). The van der Waals surface area contributed by atoms with E-state index in [9.17, 15) is 10.0 Å². The third kappa shape index (κ3) is 1.41. The minimum atomic E-state index is -0.683. The third-order valence-electron chi connectivity index (χ3n) is 1.81. The maximum Gasteiger partial charge on any atom is 0.313 e. The fraction of sp³-hybridized carbons (Fsp3) is 0.250. The van der Waals surface area contributed by atoms with E-state index in [1.807, 2.05) is 0 Å². The Morgan fingerprint density at radius 3 is 2.57 bits per heavy atom. The molecule has 0 aliphatic carbocycles. The lowest BCUT2D eigenvalue weighted by Gasteiger charge is -2.11. The van der Waals surface area contributed by atoms with Crippen molar-refractivity contribution in [2.75, 3.05) is 7.11 Å². The summed E-state index contributed by atoms with van der Waals surface area (Å²) in [6.45, 7) is 1.30. The average molecular weight is 199 g/mol. The van der Waals surface area contributed by atoms with Gasteiger partial charge in [0.2, 0.25) is 0 Å². The van der Waals surface area contributed by atoms with Crippen LogP contribution >= 0.6 is 0 Å². The van der Waals surface area contributed by atoms with Crippen molar-refractivity contribution in [1.82, 2.24) is 0 Å². The van der Waals surface area contributed by atoms with Crippen LogP contribution in [0.1, 0.15) is 5.56 Å². The number of aromatic hydroxyl groups is 2. The zero-order valence-corrected chi connectivity index (χ0v) is 7.64. The Hall–Kier alpha value is -1.98. The molecule has 0 heterocycles. The first-order valence-corrected chi connectivity index (χ1v) is 3.73. The molecule has 76 valence electrons. The van der Waals surface area contributed by atoms with Crippen LogP contribution in [0.5, 0.6) is 17.2 Å². The SMILES string of the molecule is CO[N+](=O)c1cc(O)c(O)c(C)c1[O-]. The Morgan fingerprint density at radius 1 is 1.50 bits per heavy atom. The van der Waals surface area contributed by atoms with Gasteiger partial charge in [-0.2, -0.15) is 0 Å². The van der Waals surface area contributed by atoms with Crippen LogP contribution in [0.25, 0.3) is 0 Å². The van der Waals surface area contributed by atoms with Crippen molar-refractivity contribution in [2.45, 2.75) is 6.92 Å². The maximum absolute atomic E-state index is 11.3. The lowest BCUT2D eigenvalue weighted by Crippen LogP contribution is -2.04. The Kier molecular flexibility index (Phi) is 2.46. The molecule has 0 fully saturated rings. The van der Waals surface area contributed by atoms with Gasteiger partial charge in [0.1, 0.15) is 0 Å². The standard InChI is InChI=1S/C8H9NO5/c1-4-7(11)5(9(13)14-2)3-6(10)8(4)12/h3H,1-2H3,(H2-,10,11,12,13). The summed E-state index contributed by atoms with van der Waals surface area (Å²) >= 11 is 0. The zero-order valence-electron chi connectivity index (χ0n) is 7.64. The predicted octanol–water partition coefficient (Wildman–Crippen LogP) is 0.452. The molecule has 0 saturated heterocycles. The summed E-state index contributed by atoms with van der Waals surface area (Å²) in [6, 6.07) is 0.848. The van der Waals surface area contributed by atoms with Gasteiger partial charge in [-0.25, -0.2) is 4.84 Å². The van der Waals surface area contributed by atoms with Gasteiger partial charge in [-0.05, 0) is 18.2 Å². The van der Waals surface area contributed by atoms with E-state index < -0.39 is 17.2 Å². The van der Waals surface area contributed by atoms with E-state index in [-0.39, 0.29) is 16.2 Å². The second-order valence-electron chi connectivity index (χ2n) is 2.66. The lowest BCUT2D eigenvalue weighted by molar-refractivity contribution is -0.738. The zero-order chi connectivity index (χ0) is 10.9. The second kappa shape index (κ2) is 3.41. The first-order valence-electron chi connectivity index (χ1n) is 3.73. The van der Waals surface area contributed by atoms with Crippen molar-refractivity contribution in [3.05, 3.63) is 16.5 Å². The molecule has 0 saturated carbocycles. The summed E-state index contributed by atoms with van der Waals surface area (Å²) in [5, 5.41) is 29.6. The summed E-state index contributed by atoms with van der Waals surface area (Å²) in [5.74, 6) is -1.74. The minimum Gasteiger partial charge on any atom is -0.867 e. The monoisotopic (exact) mass is 199 g/mol. The molecule has 0 atom stereocenters. The molecular formula is C8H9NO5. The topological polar surface area (TPSA) is 92.8 Å². The Morgan fingerprint density at radius 2 is 2.07 bits per heavy atom. The number of phenolic OH excluding ortho intramolecular Hbond substituents is 2. The number of benzene rings is 1. The molecular weight excluding hydrogens is 190 g/mol. The van der Waals surface area contributed by atoms with Crippen molar-refractivity contribution in [3.8, 4) is 17.2 Å². The van der Waals surface area contributed by atoms with E-state index in [4.69, 9.17) is 10.2 Å². The van der Waals surface area contributed by atoms with Crippen molar-refractivity contribution >= 4 is 5.69 Å². The van der Waals surface area contributed by atoms with Crippen LogP contribution in [0.2, 0.25) is 0 Å². The first kappa shape index (κ1) is 10.1. The fourth-order valence-corrected chi connectivity index (χ4v) is 0.989. The van der Waals surface area contributed by atoms with E-state index >= 15 is 0 Å². The predicted molar refractivity (Wildman–Crippen MR) is 44.3 cm³/mol. The van der Waals surface area contributed by atoms with Crippen molar-refractivity contribution in [3.63, 3.8) is 0 Å². The van der Waals surface area contributed by atoms with Gasteiger partial charge >= 0.3 is 5.69 Å². The number of hydrogen-bond donors (Lipinski definition) is 2. The van der Waals surface area contributed by atoms with Crippen molar-refractivity contribution in [2.24, 2.45) is 0 Å². The maximum atomic E-state index is 11.3. The molecule has 0 radical (unpaired) electrons. The largest absolute Gasteiger partial charge is 0.867 e. The molecule has 0 amide bonds. The first-order chi connectivity index (χ1) is 6.49. The molecule has 0 aromatic heterocycles. The Bertz CT molecular complexity index is 388. The van der Waals surface area contributed by atoms with Gasteiger partial charge in [-0.1, -0.05) is 0 Å². The van der Waals surface area contributed by atoms with Crippen molar-refractivity contribution in [1.29, 1.82) is 0 Å². The van der Waals surface area contributed by atoms with Crippen molar-refractivity contribution < 1.29 is 25.1 Å². The van der Waals surface area contributed by atoms with Crippen LogP contribution in [-0.4, -0.2) is 22.2 Å². The molecule has 6 nitrogen and oxygen atoms in total. The summed E-state index contributed by atoms with van der Waals surface area (Å²) in [6.07, 6.45) is 0. The number of nitrogens with zero attached hydrogens (tertiary/aromatic N) is 1. The number of rotatable bonds is 2. The van der Waals surface area contributed by atoms with Crippen LogP contribution < -0.4 is 5.11 Å². The summed E-state index contributed by atoms with van der Waals surface area (Å²) in [7, 11) is 1.09. The van der Waals surface area contributed by atoms with Gasteiger partial charge < -0.3 is 15.3 Å². The van der Waals surface area contributed by atoms with Gasteiger partial charge in [-0.15, -0.1) is 0 Å². The molecule has 0 aliphatic rings. The summed E-state index contributed by atoms with van der Waals surface area (Å²) in [5.41, 5.74) is -0.474. The van der Waals surface area contributed by atoms with Crippen LogP contribution in [-0.2, 0) is 4.84 Å². The third-order valence-corrected chi connectivity index (χ3v) is 1.81. The van der Waals surface area contributed by atoms with Crippen LogP contribution in [0.4, 0.5) is 5.69 Å².